The van der Waals surface area contributed by atoms with E-state index in [9.17, 15) is 9.90 Å². The van der Waals surface area contributed by atoms with E-state index in [-0.39, 0.29) is 29.7 Å². The second-order valence-electron chi connectivity index (χ2n) is 11.2. The molecule has 2 aromatic carbocycles. The third-order valence-electron chi connectivity index (χ3n) is 8.55. The van der Waals surface area contributed by atoms with Crippen molar-refractivity contribution in [1.29, 1.82) is 0 Å². The number of pyridine rings is 1. The normalized spacial score (nSPS) is 22.4. The highest BCUT2D eigenvalue weighted by atomic mass is 19.1. The number of aryl methyl sites for hydroxylation is 2. The van der Waals surface area contributed by atoms with Crippen molar-refractivity contribution >= 4 is 11.8 Å². The molecular weight excluding hydrogens is 495 g/mol. The van der Waals surface area contributed by atoms with E-state index >= 15 is 4.39 Å². The van der Waals surface area contributed by atoms with Gasteiger partial charge < -0.3 is 19.9 Å². The Balaban J connectivity index is 1.18. The van der Waals surface area contributed by atoms with Gasteiger partial charge in [0.25, 0.3) is 0 Å². The molecule has 6 rings (SSSR count). The molecule has 1 aromatic heterocycles. The lowest BCUT2D eigenvalue weighted by Gasteiger charge is -2.24. The van der Waals surface area contributed by atoms with Crippen molar-refractivity contribution in [3.05, 3.63) is 76.2 Å². The first-order valence-corrected chi connectivity index (χ1v) is 14.0. The highest BCUT2D eigenvalue weighted by Crippen LogP contribution is 2.47. The van der Waals surface area contributed by atoms with Gasteiger partial charge in [0, 0.05) is 31.5 Å². The molecule has 204 valence electrons. The first kappa shape index (κ1) is 25.8. The van der Waals surface area contributed by atoms with E-state index in [0.717, 1.165) is 89.4 Å². The lowest BCUT2D eigenvalue weighted by atomic mass is 9.89. The monoisotopic (exact) mass is 530 g/mol. The first-order chi connectivity index (χ1) is 18.9. The van der Waals surface area contributed by atoms with Crippen LogP contribution in [0, 0.1) is 25.6 Å². The second-order valence-corrected chi connectivity index (χ2v) is 11.2. The number of nitrogens with zero attached hydrogens (tertiary/aromatic N) is 1. The number of halogens is 1. The van der Waals surface area contributed by atoms with Gasteiger partial charge in [-0.25, -0.2) is 9.37 Å². The van der Waals surface area contributed by atoms with E-state index in [1.54, 1.807) is 12.3 Å². The average Bonchev–Trinajstić information content (AvgIpc) is 3.62. The summed E-state index contributed by atoms with van der Waals surface area (Å²) < 4.78 is 26.9. The number of nitrogens with one attached hydrogen (secondary N) is 1. The maximum absolute atomic E-state index is 15.2. The van der Waals surface area contributed by atoms with Crippen LogP contribution in [0.25, 0.3) is 11.1 Å². The molecule has 0 bridgehead atoms. The molecule has 7 heteroatoms. The summed E-state index contributed by atoms with van der Waals surface area (Å²) in [5.41, 5.74) is 7.42. The van der Waals surface area contributed by atoms with Gasteiger partial charge in [0.15, 0.2) is 0 Å². The molecule has 6 nitrogen and oxygen atoms in total. The molecule has 1 saturated carbocycles. The molecule has 2 fully saturated rings. The second kappa shape index (κ2) is 10.6. The van der Waals surface area contributed by atoms with Gasteiger partial charge in [0.1, 0.15) is 23.5 Å². The van der Waals surface area contributed by atoms with Crippen LogP contribution in [-0.2, 0) is 16.0 Å². The van der Waals surface area contributed by atoms with Crippen molar-refractivity contribution in [2.75, 3.05) is 25.1 Å². The first-order valence-electron chi connectivity index (χ1n) is 14.0. The minimum Gasteiger partial charge on any atom is -0.490 e. The number of benzene rings is 2. The molecule has 2 N–H and O–H groups in total. The summed E-state index contributed by atoms with van der Waals surface area (Å²) >= 11 is 0. The molecular formula is C32H35FN2O4. The van der Waals surface area contributed by atoms with Crippen LogP contribution in [0.4, 0.5) is 10.2 Å². The largest absolute Gasteiger partial charge is 0.490 e. The number of aromatic nitrogens is 1. The van der Waals surface area contributed by atoms with E-state index in [0.29, 0.717) is 13.0 Å². The molecule has 0 radical (unpaired) electrons. The lowest BCUT2D eigenvalue weighted by Crippen LogP contribution is -2.25. The topological polar surface area (TPSA) is 80.7 Å². The molecule has 2 aliphatic carbocycles. The van der Waals surface area contributed by atoms with E-state index < -0.39 is 5.97 Å². The maximum atomic E-state index is 15.2. The third-order valence-corrected chi connectivity index (χ3v) is 8.55. The molecule has 3 aliphatic rings. The molecule has 39 heavy (non-hydrogen) atoms. The fourth-order valence-electron chi connectivity index (χ4n) is 6.44. The minimum absolute atomic E-state index is 0.0537. The zero-order valence-electron chi connectivity index (χ0n) is 22.5. The Bertz CT molecular complexity index is 1360. The van der Waals surface area contributed by atoms with Crippen molar-refractivity contribution in [2.45, 2.75) is 63.9 Å². The standard InChI is InChI=1S/C32H35FN2O4/c1-18-13-23(39-22-9-11-38-12-10-22)14-19(2)30(18)24-6-7-28(33)31-21(3-5-25(24)31)17-35-29-8-4-20(16-34-29)26-15-27(26)32(36)37/h4,6-8,13-14,16,21-22,26-27H,3,5,9-12,15,17H2,1-2H3,(H,34,35)(H,36,37)/t21?,26-,27+/m1/s1. The Labute approximate surface area is 228 Å². The number of hydrogen-bond donors (Lipinski definition) is 2. The van der Waals surface area contributed by atoms with Crippen molar-refractivity contribution < 1.29 is 23.8 Å². The third kappa shape index (κ3) is 5.24. The molecule has 0 amide bonds. The van der Waals surface area contributed by atoms with Gasteiger partial charge in [-0.05, 0) is 102 Å². The Morgan fingerprint density at radius 2 is 1.90 bits per heavy atom. The fourth-order valence-corrected chi connectivity index (χ4v) is 6.44. The summed E-state index contributed by atoms with van der Waals surface area (Å²) in [5.74, 6) is 0.549. The summed E-state index contributed by atoms with van der Waals surface area (Å²) in [4.78, 5) is 15.7. The lowest BCUT2D eigenvalue weighted by molar-refractivity contribution is -0.138. The number of rotatable bonds is 8. The Morgan fingerprint density at radius 1 is 1.13 bits per heavy atom. The number of carbonyl (C=O) groups is 1. The van der Waals surface area contributed by atoms with Gasteiger partial charge in [-0.15, -0.1) is 0 Å². The van der Waals surface area contributed by atoms with Gasteiger partial charge in [-0.2, -0.15) is 0 Å². The molecule has 1 aliphatic heterocycles. The van der Waals surface area contributed by atoms with Crippen LogP contribution in [0.15, 0.2) is 42.6 Å². The van der Waals surface area contributed by atoms with Crippen molar-refractivity contribution in [2.24, 2.45) is 5.92 Å². The maximum Gasteiger partial charge on any atom is 0.307 e. The number of ether oxygens (including phenoxy) is 2. The zero-order valence-corrected chi connectivity index (χ0v) is 22.5. The zero-order chi connectivity index (χ0) is 27.1. The van der Waals surface area contributed by atoms with E-state index in [2.05, 4.69) is 36.3 Å². The number of hydrogen-bond acceptors (Lipinski definition) is 5. The fraction of sp³-hybridized carbons (Fsp3) is 0.438. The van der Waals surface area contributed by atoms with Crippen LogP contribution in [0.2, 0.25) is 0 Å². The quantitative estimate of drug-likeness (QED) is 0.351. The summed E-state index contributed by atoms with van der Waals surface area (Å²) in [6.45, 7) is 6.30. The number of carboxylic acids is 1. The number of fused-ring (bicyclic) bond motifs is 1. The summed E-state index contributed by atoms with van der Waals surface area (Å²) in [7, 11) is 0. The van der Waals surface area contributed by atoms with Crippen LogP contribution in [0.5, 0.6) is 5.75 Å². The Hall–Kier alpha value is -3.45. The van der Waals surface area contributed by atoms with Gasteiger partial charge in [-0.3, -0.25) is 4.79 Å². The smallest absolute Gasteiger partial charge is 0.307 e. The molecule has 3 aromatic rings. The summed E-state index contributed by atoms with van der Waals surface area (Å²) in [6, 6.07) is 11.6. The average molecular weight is 531 g/mol. The van der Waals surface area contributed by atoms with Gasteiger partial charge in [0.05, 0.1) is 19.1 Å². The molecule has 3 atom stereocenters. The molecule has 2 heterocycles. The van der Waals surface area contributed by atoms with Crippen LogP contribution in [0.1, 0.15) is 65.3 Å². The van der Waals surface area contributed by atoms with E-state index in [1.807, 2.05) is 18.2 Å². The minimum atomic E-state index is -0.742. The van der Waals surface area contributed by atoms with Gasteiger partial charge in [-0.1, -0.05) is 12.1 Å². The Kier molecular flexibility index (Phi) is 7.02. The van der Waals surface area contributed by atoms with Crippen molar-refractivity contribution in [1.82, 2.24) is 4.98 Å². The summed E-state index contributed by atoms with van der Waals surface area (Å²) in [6.07, 6.45) is 6.15. The number of aliphatic carboxylic acids is 1. The van der Waals surface area contributed by atoms with Crippen LogP contribution < -0.4 is 10.1 Å². The van der Waals surface area contributed by atoms with Crippen LogP contribution >= 0.6 is 0 Å². The van der Waals surface area contributed by atoms with Crippen molar-refractivity contribution in [3.63, 3.8) is 0 Å². The van der Waals surface area contributed by atoms with E-state index in [1.165, 1.54) is 0 Å². The molecule has 1 unspecified atom stereocenters. The predicted molar refractivity (Wildman–Crippen MR) is 148 cm³/mol. The number of carboxylic acid groups (broad SMARTS) is 1. The van der Waals surface area contributed by atoms with Crippen LogP contribution in [0.3, 0.4) is 0 Å². The van der Waals surface area contributed by atoms with Crippen molar-refractivity contribution in [3.8, 4) is 16.9 Å². The van der Waals surface area contributed by atoms with Gasteiger partial charge >= 0.3 is 5.97 Å². The number of anilines is 1. The molecule has 0 spiro atoms. The van der Waals surface area contributed by atoms with Crippen LogP contribution in [-0.4, -0.2) is 41.9 Å². The highest BCUT2D eigenvalue weighted by molar-refractivity contribution is 5.77. The predicted octanol–water partition coefficient (Wildman–Crippen LogP) is 6.39. The van der Waals surface area contributed by atoms with Gasteiger partial charge in [0.2, 0.25) is 0 Å². The summed E-state index contributed by atoms with van der Waals surface area (Å²) in [5, 5.41) is 12.6. The SMILES string of the molecule is Cc1cc(OC2CCOCC2)cc(C)c1-c1ccc(F)c2c1CCC2CNc1ccc([C@H]2C[C@@H]2C(=O)O)cn1. The Morgan fingerprint density at radius 3 is 2.56 bits per heavy atom. The highest BCUT2D eigenvalue weighted by Gasteiger charge is 2.44. The molecule has 1 saturated heterocycles. The van der Waals surface area contributed by atoms with E-state index in [4.69, 9.17) is 9.47 Å².